The van der Waals surface area contributed by atoms with E-state index in [9.17, 15) is 45.4 Å². The first-order chi connectivity index (χ1) is 19.9. The molecule has 234 valence electrons. The second-order valence-corrected chi connectivity index (χ2v) is 12.1. The minimum absolute atomic E-state index is 0.0486. The van der Waals surface area contributed by atoms with E-state index in [1.54, 1.807) is 13.0 Å². The predicted octanol–water partition coefficient (Wildman–Crippen LogP) is 6.90. The summed E-state index contributed by atoms with van der Waals surface area (Å²) in [6.45, 7) is 4.28. The highest BCUT2D eigenvalue weighted by Gasteiger charge is 2.66. The number of aryl methyl sites for hydroxylation is 1. The van der Waals surface area contributed by atoms with Crippen molar-refractivity contribution >= 4 is 12.0 Å². The lowest BCUT2D eigenvalue weighted by molar-refractivity contribution is -0.144. The molecule has 2 amide bonds. The van der Waals surface area contributed by atoms with Gasteiger partial charge in [0.15, 0.2) is 0 Å². The lowest BCUT2D eigenvalue weighted by atomic mass is 9.88. The number of carboxylic acids is 1. The van der Waals surface area contributed by atoms with Crippen LogP contribution in [-0.4, -0.2) is 64.5 Å². The molecule has 0 aromatic heterocycles. The molecule has 2 saturated heterocycles. The highest BCUT2D eigenvalue weighted by atomic mass is 19.4. The lowest BCUT2D eigenvalue weighted by Gasteiger charge is -2.45. The molecule has 13 heteroatoms. The third-order valence-electron chi connectivity index (χ3n) is 9.50. The number of benzene rings is 2. The molecule has 2 aromatic rings. The molecule has 2 heterocycles. The maximum Gasteiger partial charge on any atom is 0.416 e. The number of rotatable bonds is 5. The van der Waals surface area contributed by atoms with E-state index in [4.69, 9.17) is 0 Å². The Kier molecular flexibility index (Phi) is 7.72. The molecule has 2 aromatic carbocycles. The van der Waals surface area contributed by atoms with Crippen molar-refractivity contribution in [2.75, 3.05) is 26.7 Å². The van der Waals surface area contributed by atoms with Crippen molar-refractivity contribution in [1.82, 2.24) is 14.7 Å². The first kappa shape index (κ1) is 31.1. The van der Waals surface area contributed by atoms with Crippen LogP contribution in [0.2, 0.25) is 0 Å². The summed E-state index contributed by atoms with van der Waals surface area (Å²) in [5.41, 5.74) is -2.75. The monoisotopic (exact) mass is 615 g/mol. The normalized spacial score (nSPS) is 26.7. The number of aliphatic carboxylic acids is 1. The van der Waals surface area contributed by atoms with Crippen molar-refractivity contribution in [3.63, 3.8) is 0 Å². The number of amides is 2. The molecular formula is C30H32F7N3O3. The van der Waals surface area contributed by atoms with Gasteiger partial charge < -0.3 is 14.9 Å². The van der Waals surface area contributed by atoms with Crippen molar-refractivity contribution in [1.29, 1.82) is 0 Å². The van der Waals surface area contributed by atoms with Gasteiger partial charge in [0.05, 0.1) is 28.6 Å². The molecule has 6 nitrogen and oxygen atoms in total. The summed E-state index contributed by atoms with van der Waals surface area (Å²) in [5, 5.41) is 9.72. The summed E-state index contributed by atoms with van der Waals surface area (Å²) < 4.78 is 95.0. The maximum atomic E-state index is 14.0. The molecule has 1 N–H and O–H groups in total. The Morgan fingerprint density at radius 3 is 2.21 bits per heavy atom. The first-order valence-corrected chi connectivity index (χ1v) is 14.0. The van der Waals surface area contributed by atoms with Gasteiger partial charge in [-0.05, 0) is 86.1 Å². The van der Waals surface area contributed by atoms with Crippen LogP contribution in [0.1, 0.15) is 66.1 Å². The molecule has 3 fully saturated rings. The van der Waals surface area contributed by atoms with Crippen LogP contribution in [0.15, 0.2) is 36.4 Å². The number of carboxylic acid groups (broad SMARTS) is 1. The number of urea groups is 1. The van der Waals surface area contributed by atoms with Crippen molar-refractivity contribution in [3.8, 4) is 0 Å². The Morgan fingerprint density at radius 1 is 1.05 bits per heavy atom. The van der Waals surface area contributed by atoms with E-state index in [1.807, 2.05) is 0 Å². The Labute approximate surface area is 244 Å². The number of hydrogen-bond donors (Lipinski definition) is 1. The number of alkyl halides is 6. The van der Waals surface area contributed by atoms with E-state index in [0.29, 0.717) is 55.6 Å². The van der Waals surface area contributed by atoms with E-state index in [2.05, 4.69) is 4.90 Å². The lowest BCUT2D eigenvalue weighted by Crippen LogP contribution is -2.52. The fourth-order valence-corrected chi connectivity index (χ4v) is 6.76. The fourth-order valence-electron chi connectivity index (χ4n) is 6.76. The molecule has 0 radical (unpaired) electrons. The molecule has 5 rings (SSSR count). The number of carbonyl (C=O) groups excluding carboxylic acids is 1. The second-order valence-electron chi connectivity index (χ2n) is 12.1. The van der Waals surface area contributed by atoms with Gasteiger partial charge in [0.25, 0.3) is 0 Å². The van der Waals surface area contributed by atoms with Gasteiger partial charge in [-0.2, -0.15) is 26.3 Å². The average Bonchev–Trinajstić information content (AvgIpc) is 3.51. The molecule has 0 spiro atoms. The molecule has 2 aliphatic heterocycles. The number of hydrogen-bond acceptors (Lipinski definition) is 3. The largest absolute Gasteiger partial charge is 0.481 e. The zero-order chi connectivity index (χ0) is 31.6. The zero-order valence-corrected chi connectivity index (χ0v) is 23.8. The number of fused-ring (bicyclic) bond motifs is 1. The predicted molar refractivity (Wildman–Crippen MR) is 141 cm³/mol. The summed E-state index contributed by atoms with van der Waals surface area (Å²) in [6, 6.07) is 3.07. The van der Waals surface area contributed by atoms with Crippen molar-refractivity contribution in [2.24, 2.45) is 11.3 Å². The standard InChI is InChI=1S/C30H32F7N3O3/c1-16-8-22(31)4-5-24(16)25-12-23(39-14-21-13-28(21,15-39)26(41)42)6-7-40(25)27(43)38(3)17(2)18-9-19(29(32,33)34)11-20(10-18)30(35,36)37/h4-5,8-11,17,21,23,25H,6-7,12-15H2,1-3H3,(H,41,42)/t17-,21?,23-,25-,28?/m1/s1. The summed E-state index contributed by atoms with van der Waals surface area (Å²) in [6.07, 6.45) is -8.52. The topological polar surface area (TPSA) is 64.1 Å². The van der Waals surface area contributed by atoms with Crippen LogP contribution in [0.3, 0.4) is 0 Å². The third kappa shape index (κ3) is 5.80. The minimum atomic E-state index is -5.03. The SMILES string of the molecule is Cc1cc(F)ccc1[C@H]1C[C@H](N2CC3CC3(C(=O)O)C2)CCN1C(=O)N(C)[C@H](C)c1cc(C(F)(F)F)cc(C(F)(F)F)c1. The van der Waals surface area contributed by atoms with Crippen molar-refractivity contribution < 1.29 is 45.4 Å². The molecule has 3 aliphatic rings. The van der Waals surface area contributed by atoms with Crippen LogP contribution in [0.25, 0.3) is 0 Å². The van der Waals surface area contributed by atoms with Crippen LogP contribution < -0.4 is 0 Å². The van der Waals surface area contributed by atoms with Crippen LogP contribution in [0.4, 0.5) is 35.5 Å². The summed E-state index contributed by atoms with van der Waals surface area (Å²) >= 11 is 0. The minimum Gasteiger partial charge on any atom is -0.481 e. The fraction of sp³-hybridized carbons (Fsp3) is 0.533. The van der Waals surface area contributed by atoms with Gasteiger partial charge in [-0.3, -0.25) is 9.69 Å². The van der Waals surface area contributed by atoms with E-state index in [1.165, 1.54) is 31.0 Å². The molecule has 43 heavy (non-hydrogen) atoms. The zero-order valence-electron chi connectivity index (χ0n) is 23.8. The van der Waals surface area contributed by atoms with Gasteiger partial charge in [-0.25, -0.2) is 9.18 Å². The van der Waals surface area contributed by atoms with Crippen LogP contribution in [0, 0.1) is 24.1 Å². The molecule has 0 bridgehead atoms. The van der Waals surface area contributed by atoms with Gasteiger partial charge in [-0.1, -0.05) is 6.07 Å². The van der Waals surface area contributed by atoms with Gasteiger partial charge >= 0.3 is 24.4 Å². The smallest absolute Gasteiger partial charge is 0.416 e. The first-order valence-electron chi connectivity index (χ1n) is 14.0. The molecule has 2 unspecified atom stereocenters. The van der Waals surface area contributed by atoms with Gasteiger partial charge in [0.2, 0.25) is 0 Å². The van der Waals surface area contributed by atoms with E-state index < -0.39 is 58.8 Å². The Balaban J connectivity index is 1.43. The van der Waals surface area contributed by atoms with Gasteiger partial charge in [-0.15, -0.1) is 0 Å². The van der Waals surface area contributed by atoms with Gasteiger partial charge in [0.1, 0.15) is 5.82 Å². The quantitative estimate of drug-likeness (QED) is 0.372. The highest BCUT2D eigenvalue weighted by Crippen LogP contribution is 2.59. The Bertz CT molecular complexity index is 1400. The average molecular weight is 616 g/mol. The van der Waals surface area contributed by atoms with Crippen molar-refractivity contribution in [2.45, 2.75) is 63.6 Å². The summed E-state index contributed by atoms with van der Waals surface area (Å²) in [5.74, 6) is -1.22. The Morgan fingerprint density at radius 2 is 1.67 bits per heavy atom. The van der Waals surface area contributed by atoms with E-state index >= 15 is 0 Å². The Hall–Kier alpha value is -3.35. The number of likely N-dealkylation sites (tertiary alicyclic amines) is 2. The van der Waals surface area contributed by atoms with Crippen LogP contribution in [0.5, 0.6) is 0 Å². The molecular weight excluding hydrogens is 583 g/mol. The summed E-state index contributed by atoms with van der Waals surface area (Å²) in [4.78, 5) is 30.5. The highest BCUT2D eigenvalue weighted by molar-refractivity contribution is 5.79. The van der Waals surface area contributed by atoms with Crippen LogP contribution >= 0.6 is 0 Å². The maximum absolute atomic E-state index is 14.0. The number of nitrogens with zero attached hydrogens (tertiary/aromatic N) is 3. The molecule has 1 aliphatic carbocycles. The van der Waals surface area contributed by atoms with Gasteiger partial charge in [0, 0.05) is 32.7 Å². The molecule has 1 saturated carbocycles. The number of carbonyl (C=O) groups is 2. The van der Waals surface area contributed by atoms with Crippen molar-refractivity contribution in [3.05, 3.63) is 70.0 Å². The van der Waals surface area contributed by atoms with E-state index in [0.717, 1.165) is 4.90 Å². The summed E-state index contributed by atoms with van der Waals surface area (Å²) in [7, 11) is 1.33. The van der Waals surface area contributed by atoms with E-state index in [-0.39, 0.29) is 30.1 Å². The number of piperidine rings is 2. The third-order valence-corrected chi connectivity index (χ3v) is 9.50. The second kappa shape index (κ2) is 10.7. The van der Waals surface area contributed by atoms with Crippen LogP contribution in [-0.2, 0) is 17.1 Å². The number of halogens is 7. The molecule has 5 atom stereocenters.